The van der Waals surface area contributed by atoms with E-state index in [2.05, 4.69) is 62.5 Å². The van der Waals surface area contributed by atoms with E-state index >= 15 is 0 Å². The molecule has 0 radical (unpaired) electrons. The summed E-state index contributed by atoms with van der Waals surface area (Å²) >= 11 is 0. The molecule has 4 N–H and O–H groups in total. The van der Waals surface area contributed by atoms with E-state index in [4.69, 9.17) is 18.9 Å². The number of esters is 2. The van der Waals surface area contributed by atoms with Gasteiger partial charge in [0.05, 0.1) is 13.0 Å². The molecule has 6 atom stereocenters. The topological polar surface area (TPSA) is 186 Å². The van der Waals surface area contributed by atoms with Gasteiger partial charge in [0, 0.05) is 6.42 Å². The minimum absolute atomic E-state index is 0.0726. The molecule has 0 saturated carbocycles. The summed E-state index contributed by atoms with van der Waals surface area (Å²) in [5, 5.41) is 30.8. The molecule has 1 aliphatic rings. The highest BCUT2D eigenvalue weighted by Gasteiger charge is 2.46. The summed E-state index contributed by atoms with van der Waals surface area (Å²) in [6.45, 7) is 3.53. The van der Waals surface area contributed by atoms with Gasteiger partial charge in [0.25, 0.3) is 10.1 Å². The van der Waals surface area contributed by atoms with E-state index in [0.717, 1.165) is 64.2 Å². The molecule has 58 heavy (non-hydrogen) atoms. The third-order valence-electron chi connectivity index (χ3n) is 9.30. The van der Waals surface area contributed by atoms with Crippen molar-refractivity contribution < 1.29 is 56.8 Å². The Morgan fingerprint density at radius 2 is 1.14 bits per heavy atom. The van der Waals surface area contributed by atoms with Crippen molar-refractivity contribution in [2.24, 2.45) is 0 Å². The van der Waals surface area contributed by atoms with Gasteiger partial charge in [-0.05, 0) is 64.2 Å². The van der Waals surface area contributed by atoms with Gasteiger partial charge in [0.2, 0.25) is 0 Å². The van der Waals surface area contributed by atoms with Gasteiger partial charge in [0.15, 0.2) is 12.4 Å². The van der Waals surface area contributed by atoms with Crippen LogP contribution in [-0.4, -0.2) is 96.0 Å². The highest BCUT2D eigenvalue weighted by atomic mass is 32.2. The first-order chi connectivity index (χ1) is 28.0. The summed E-state index contributed by atoms with van der Waals surface area (Å²) in [5.41, 5.74) is 0. The molecule has 0 aromatic carbocycles. The molecular formula is C45H74O12S. The number of aliphatic hydroxyl groups is 3. The Bertz CT molecular complexity index is 1350. The predicted octanol–water partition coefficient (Wildman–Crippen LogP) is 8.33. The van der Waals surface area contributed by atoms with Gasteiger partial charge in [-0.2, -0.15) is 8.42 Å². The normalized spacial score (nSPS) is 21.1. The van der Waals surface area contributed by atoms with Crippen LogP contribution in [0.5, 0.6) is 0 Å². The molecule has 1 heterocycles. The molecule has 0 aromatic rings. The lowest BCUT2D eigenvalue weighted by atomic mass is 10.00. The van der Waals surface area contributed by atoms with Crippen LogP contribution in [-0.2, 0) is 38.7 Å². The van der Waals surface area contributed by atoms with E-state index in [0.29, 0.717) is 12.8 Å². The minimum atomic E-state index is -4.62. The van der Waals surface area contributed by atoms with E-state index in [9.17, 15) is 37.9 Å². The lowest BCUT2D eigenvalue weighted by molar-refractivity contribution is -0.297. The molecular weight excluding hydrogens is 765 g/mol. The van der Waals surface area contributed by atoms with Gasteiger partial charge in [-0.3, -0.25) is 14.1 Å². The van der Waals surface area contributed by atoms with Crippen molar-refractivity contribution in [2.75, 3.05) is 19.0 Å². The molecule has 0 spiro atoms. The fourth-order valence-corrected chi connectivity index (χ4v) is 6.67. The Kier molecular flexibility index (Phi) is 32.0. The van der Waals surface area contributed by atoms with Crippen molar-refractivity contribution in [1.29, 1.82) is 0 Å². The van der Waals surface area contributed by atoms with Crippen LogP contribution >= 0.6 is 0 Å². The Labute approximate surface area is 348 Å². The Morgan fingerprint density at radius 3 is 1.69 bits per heavy atom. The van der Waals surface area contributed by atoms with Gasteiger partial charge in [-0.15, -0.1) is 0 Å². The molecule has 1 rings (SSSR count). The lowest BCUT2D eigenvalue weighted by Gasteiger charge is -2.40. The van der Waals surface area contributed by atoms with Crippen LogP contribution in [0.25, 0.3) is 0 Å². The van der Waals surface area contributed by atoms with Crippen molar-refractivity contribution >= 4 is 22.1 Å². The molecule has 6 unspecified atom stereocenters. The third-order valence-corrected chi connectivity index (χ3v) is 10.1. The number of carbonyl (C=O) groups is 2. The van der Waals surface area contributed by atoms with Gasteiger partial charge in [-0.25, -0.2) is 0 Å². The Morgan fingerprint density at radius 1 is 0.621 bits per heavy atom. The second kappa shape index (κ2) is 34.9. The van der Waals surface area contributed by atoms with Crippen molar-refractivity contribution in [3.8, 4) is 0 Å². The summed E-state index contributed by atoms with van der Waals surface area (Å²) < 4.78 is 53.8. The van der Waals surface area contributed by atoms with Crippen LogP contribution in [0.3, 0.4) is 0 Å². The van der Waals surface area contributed by atoms with E-state index < -0.39 is 71.2 Å². The second-order valence-corrected chi connectivity index (χ2v) is 16.1. The van der Waals surface area contributed by atoms with E-state index in [1.54, 1.807) is 6.08 Å². The maximum Gasteiger partial charge on any atom is 0.310 e. The first-order valence-electron chi connectivity index (χ1n) is 21.5. The molecule has 332 valence electrons. The summed E-state index contributed by atoms with van der Waals surface area (Å²) in [6, 6.07) is 0. The van der Waals surface area contributed by atoms with Gasteiger partial charge in [-0.1, -0.05) is 138 Å². The van der Waals surface area contributed by atoms with Crippen molar-refractivity contribution in [2.45, 2.75) is 179 Å². The largest absolute Gasteiger partial charge is 0.462 e. The average molecular weight is 839 g/mol. The fraction of sp³-hybridized carbons (Fsp3) is 0.689. The van der Waals surface area contributed by atoms with Crippen LogP contribution in [0.2, 0.25) is 0 Å². The molecule has 1 aliphatic heterocycles. The second-order valence-electron chi connectivity index (χ2n) is 14.6. The zero-order chi connectivity index (χ0) is 42.7. The molecule has 1 fully saturated rings. The van der Waals surface area contributed by atoms with Crippen molar-refractivity contribution in [3.05, 3.63) is 72.9 Å². The summed E-state index contributed by atoms with van der Waals surface area (Å²) in [6.07, 6.45) is 34.1. The van der Waals surface area contributed by atoms with Crippen LogP contribution < -0.4 is 0 Å². The minimum Gasteiger partial charge on any atom is -0.462 e. The number of carbonyl (C=O) groups excluding carboxylic acids is 2. The zero-order valence-corrected chi connectivity index (χ0v) is 35.9. The summed E-state index contributed by atoms with van der Waals surface area (Å²) in [4.78, 5) is 25.3. The van der Waals surface area contributed by atoms with Crippen LogP contribution in [0, 0.1) is 0 Å². The smallest absolute Gasteiger partial charge is 0.310 e. The monoisotopic (exact) mass is 838 g/mol. The average Bonchev–Trinajstić information content (AvgIpc) is 3.18. The lowest BCUT2D eigenvalue weighted by Crippen LogP contribution is -2.60. The van der Waals surface area contributed by atoms with Gasteiger partial charge in [0.1, 0.15) is 36.8 Å². The van der Waals surface area contributed by atoms with E-state index in [1.165, 1.54) is 38.5 Å². The van der Waals surface area contributed by atoms with Crippen molar-refractivity contribution in [3.63, 3.8) is 0 Å². The number of aliphatic hydroxyl groups excluding tert-OH is 3. The standard InChI is InChI=1S/C45H74O12S/c1-3-5-7-9-11-13-15-17-19-21-23-25-27-29-31-33-40(46)54-35-38(36-55-45-44(50)43(49)42(48)39(57-45)37-58(51,52)53)56-41(47)34-32-30-28-26-24-22-20-18-16-14-12-10-8-6-4-2/h6,8,12,14,17-20,24,26,30,32,38-39,42-45,48-50H,3-5,7,9-11,13,15-16,21-23,25,27-29,31,33-37H2,1-2H3,(H,51,52,53)/b8-6-,14-12-,19-17-,20-18-,26-24-,32-30-. The summed E-state index contributed by atoms with van der Waals surface area (Å²) in [7, 11) is -4.62. The first kappa shape index (κ1) is 53.1. The highest BCUT2D eigenvalue weighted by Crippen LogP contribution is 2.24. The number of allylic oxidation sites excluding steroid dienone is 11. The Hall–Kier alpha value is -2.91. The molecule has 0 bridgehead atoms. The molecule has 0 aromatic heterocycles. The highest BCUT2D eigenvalue weighted by molar-refractivity contribution is 7.85. The fourth-order valence-electron chi connectivity index (χ4n) is 5.98. The Balaban J connectivity index is 2.55. The van der Waals surface area contributed by atoms with Crippen LogP contribution in [0.4, 0.5) is 0 Å². The van der Waals surface area contributed by atoms with Gasteiger partial charge >= 0.3 is 11.9 Å². The molecule has 1 saturated heterocycles. The number of hydrogen-bond donors (Lipinski definition) is 4. The zero-order valence-electron chi connectivity index (χ0n) is 35.1. The number of unbranched alkanes of at least 4 members (excludes halogenated alkanes) is 11. The molecule has 12 nitrogen and oxygen atoms in total. The third kappa shape index (κ3) is 29.3. The maximum absolute atomic E-state index is 12.7. The number of hydrogen-bond acceptors (Lipinski definition) is 11. The molecule has 0 amide bonds. The van der Waals surface area contributed by atoms with E-state index in [-0.39, 0.29) is 19.4 Å². The molecule has 0 aliphatic carbocycles. The summed E-state index contributed by atoms with van der Waals surface area (Å²) in [5.74, 6) is -2.16. The SMILES string of the molecule is CC/C=C\C/C=C\C/C=C\C/C=C\C/C=C\CC(=O)OC(COC(=O)CCCCCCC/C=C\CCCCCCCC)COC1OC(CS(=O)(=O)O)C(O)C(O)C1O. The predicted molar refractivity (Wildman–Crippen MR) is 228 cm³/mol. The van der Waals surface area contributed by atoms with Gasteiger partial charge < -0.3 is 34.3 Å². The van der Waals surface area contributed by atoms with Crippen LogP contribution in [0.15, 0.2) is 72.9 Å². The number of ether oxygens (including phenoxy) is 4. The van der Waals surface area contributed by atoms with Crippen LogP contribution in [0.1, 0.15) is 142 Å². The number of rotatable bonds is 34. The van der Waals surface area contributed by atoms with Crippen molar-refractivity contribution in [1.82, 2.24) is 0 Å². The maximum atomic E-state index is 12.7. The van der Waals surface area contributed by atoms with E-state index in [1.807, 2.05) is 18.2 Å². The first-order valence-corrected chi connectivity index (χ1v) is 23.1. The molecule has 13 heteroatoms. The quantitative estimate of drug-likeness (QED) is 0.0210.